The summed E-state index contributed by atoms with van der Waals surface area (Å²) in [5.41, 5.74) is -0.988. The van der Waals surface area contributed by atoms with E-state index in [4.69, 9.17) is 12.6 Å². The second-order valence-electron chi connectivity index (χ2n) is 12.2. The predicted octanol–water partition coefficient (Wildman–Crippen LogP) is 4.73. The van der Waals surface area contributed by atoms with Crippen molar-refractivity contribution in [2.45, 2.75) is 84.9 Å². The molecule has 0 saturated carbocycles. The molecule has 0 aliphatic rings. The third-order valence-electron chi connectivity index (χ3n) is 4.46. The first-order chi connectivity index (χ1) is 16.8. The molecule has 0 fully saturated rings. The third kappa shape index (κ3) is 11.6. The SMILES string of the molecule is CC[Si](=O)CP(=O)(C[Si](=O)CC)c1nc(P(C)(=O)O[Si](C)(C)C)nc(P(=O)(O[Si](C)(C)C)O[Si](C)(C)C)n1. The van der Waals surface area contributed by atoms with E-state index in [1.165, 1.54) is 6.66 Å². The Labute approximate surface area is 233 Å². The van der Waals surface area contributed by atoms with E-state index >= 15 is 0 Å². The van der Waals surface area contributed by atoms with Crippen molar-refractivity contribution in [2.75, 3.05) is 18.2 Å². The van der Waals surface area contributed by atoms with E-state index in [9.17, 15) is 22.6 Å². The number of nitrogens with zero attached hydrogens (tertiary/aromatic N) is 3. The fourth-order valence-corrected chi connectivity index (χ4v) is 25.3. The summed E-state index contributed by atoms with van der Waals surface area (Å²) in [6.45, 7) is 21.4. The van der Waals surface area contributed by atoms with Gasteiger partial charge in [-0.25, -0.2) is 4.98 Å². The van der Waals surface area contributed by atoms with Gasteiger partial charge in [0, 0.05) is 6.66 Å². The first kappa shape index (κ1) is 36.3. The summed E-state index contributed by atoms with van der Waals surface area (Å²) < 4.78 is 86.0. The minimum Gasteiger partial charge on any atom is -0.388 e. The Hall–Kier alpha value is 0.264. The second kappa shape index (κ2) is 13.1. The maximum absolute atomic E-state index is 14.4. The number of hydrogen-bond acceptors (Lipinski definition) is 11. The monoisotopic (exact) mass is 675 g/mol. The van der Waals surface area contributed by atoms with E-state index in [0.717, 1.165) is 0 Å². The van der Waals surface area contributed by atoms with Crippen LogP contribution >= 0.6 is 22.1 Å². The average Bonchev–Trinajstić information content (AvgIpc) is 2.68. The Morgan fingerprint density at radius 3 is 1.32 bits per heavy atom. The normalized spacial score (nSPS) is 15.3. The van der Waals surface area contributed by atoms with Crippen LogP contribution < -0.4 is 16.7 Å². The zero-order chi connectivity index (χ0) is 30.0. The number of hydrogen-bond donors (Lipinski definition) is 0. The van der Waals surface area contributed by atoms with Crippen molar-refractivity contribution in [1.29, 1.82) is 0 Å². The zero-order valence-corrected chi connectivity index (χ0v) is 32.5. The molecule has 1 heterocycles. The summed E-state index contributed by atoms with van der Waals surface area (Å²) in [6.07, 6.45) is 0. The first-order valence-electron chi connectivity index (χ1n) is 12.5. The van der Waals surface area contributed by atoms with E-state index in [1.807, 2.05) is 58.9 Å². The highest BCUT2D eigenvalue weighted by molar-refractivity contribution is 7.74. The highest BCUT2D eigenvalue weighted by Gasteiger charge is 2.45. The van der Waals surface area contributed by atoms with Crippen molar-refractivity contribution < 1.29 is 35.3 Å². The Bertz CT molecular complexity index is 1160. The molecule has 1 aromatic heterocycles. The van der Waals surface area contributed by atoms with Crippen LogP contribution in [0.1, 0.15) is 13.8 Å². The lowest BCUT2D eigenvalue weighted by atomic mass is 11.0. The van der Waals surface area contributed by atoms with Crippen LogP contribution in [0.2, 0.25) is 71.0 Å². The minimum atomic E-state index is -4.21. The molecule has 1 unspecified atom stereocenters. The molecule has 11 nitrogen and oxygen atoms in total. The Balaban J connectivity index is 4.13. The summed E-state index contributed by atoms with van der Waals surface area (Å²) in [5, 5.41) is 0. The van der Waals surface area contributed by atoms with Crippen LogP contribution in [0.15, 0.2) is 0 Å². The van der Waals surface area contributed by atoms with Gasteiger partial charge in [0.05, 0.1) is 11.6 Å². The fraction of sp³-hybridized carbons (Fsp3) is 0.842. The third-order valence-corrected chi connectivity index (χ3v) is 25.4. The van der Waals surface area contributed by atoms with Crippen LogP contribution in [-0.4, -0.2) is 75.5 Å². The van der Waals surface area contributed by atoms with Gasteiger partial charge in [-0.15, -0.1) is 0 Å². The van der Waals surface area contributed by atoms with Crippen LogP contribution in [-0.2, 0) is 35.3 Å². The van der Waals surface area contributed by atoms with E-state index in [-0.39, 0.29) is 22.7 Å². The van der Waals surface area contributed by atoms with E-state index in [1.54, 1.807) is 13.8 Å². The summed E-state index contributed by atoms with van der Waals surface area (Å²) in [4.78, 5) is 13.0. The highest BCUT2D eigenvalue weighted by Crippen LogP contribution is 2.52. The van der Waals surface area contributed by atoms with Crippen LogP contribution in [0.3, 0.4) is 0 Å². The molecule has 0 amide bonds. The number of rotatable bonds is 15. The van der Waals surface area contributed by atoms with Gasteiger partial charge in [-0.1, -0.05) is 13.8 Å². The lowest BCUT2D eigenvalue weighted by Gasteiger charge is -2.30. The standard InChI is InChI=1S/C19H44N3O8P3Si5/c1-13-34(26)15-32(24,16-35(27)14-2)18-20-17(31(3,23)28-36(4,5)6)21-19(22-18)33(25,29-37(7,8)9)30-38(10,11)12/h13-16H2,1-12H3. The summed E-state index contributed by atoms with van der Waals surface area (Å²) in [7, 11) is -23.7. The Morgan fingerprint density at radius 2 is 0.974 bits per heavy atom. The molecule has 0 bridgehead atoms. The van der Waals surface area contributed by atoms with Gasteiger partial charge in [0.15, 0.2) is 37.7 Å². The average molecular weight is 676 g/mol. The van der Waals surface area contributed by atoms with Crippen molar-refractivity contribution in [2.24, 2.45) is 0 Å². The quantitative estimate of drug-likeness (QED) is 0.187. The van der Waals surface area contributed by atoms with Gasteiger partial charge in [-0.2, -0.15) is 9.97 Å². The van der Waals surface area contributed by atoms with Crippen molar-refractivity contribution in [1.82, 2.24) is 15.0 Å². The summed E-state index contributed by atoms with van der Waals surface area (Å²) >= 11 is 0. The molecule has 218 valence electrons. The lowest BCUT2D eigenvalue weighted by Crippen LogP contribution is -2.42. The molecule has 1 atom stereocenters. The van der Waals surface area contributed by atoms with Crippen LogP contribution in [0.4, 0.5) is 0 Å². The molecule has 0 radical (unpaired) electrons. The van der Waals surface area contributed by atoms with Crippen molar-refractivity contribution in [3.63, 3.8) is 0 Å². The lowest BCUT2D eigenvalue weighted by molar-refractivity contribution is 0.394. The van der Waals surface area contributed by atoms with Crippen LogP contribution in [0.25, 0.3) is 0 Å². The maximum Gasteiger partial charge on any atom is 0.379 e. The van der Waals surface area contributed by atoms with Gasteiger partial charge in [0.2, 0.25) is 11.1 Å². The van der Waals surface area contributed by atoms with Crippen molar-refractivity contribution >= 4 is 81.1 Å². The van der Waals surface area contributed by atoms with Crippen molar-refractivity contribution in [3.05, 3.63) is 0 Å². The molecule has 38 heavy (non-hydrogen) atoms. The van der Waals surface area contributed by atoms with Gasteiger partial charge in [0.1, 0.15) is 0 Å². The minimum absolute atomic E-state index is 0.232. The molecule has 1 rings (SSSR count). The molecule has 0 saturated heterocycles. The molecule has 0 aliphatic heterocycles. The topological polar surface area (TPSA) is 152 Å². The maximum atomic E-state index is 14.4. The first-order valence-corrected chi connectivity index (χ1v) is 32.1. The van der Waals surface area contributed by atoms with Gasteiger partial charge in [-0.3, -0.25) is 9.13 Å². The van der Waals surface area contributed by atoms with Gasteiger partial charge < -0.3 is 26.1 Å². The van der Waals surface area contributed by atoms with E-state index < -0.39 is 70.0 Å². The van der Waals surface area contributed by atoms with Gasteiger partial charge in [0.25, 0.3) is 24.7 Å². The largest absolute Gasteiger partial charge is 0.388 e. The summed E-state index contributed by atoms with van der Waals surface area (Å²) in [5.74, 6) is -0.463. The zero-order valence-electron chi connectivity index (χ0n) is 24.8. The molecule has 0 spiro atoms. The van der Waals surface area contributed by atoms with Gasteiger partial charge in [-0.05, 0) is 71.0 Å². The molecular formula is C19H44N3O8P3Si5. The Morgan fingerprint density at radius 1 is 0.632 bits per heavy atom. The molecule has 0 aromatic carbocycles. The Kier molecular flexibility index (Phi) is 12.5. The second-order valence-corrected chi connectivity index (χ2v) is 38.8. The van der Waals surface area contributed by atoms with Crippen molar-refractivity contribution in [3.8, 4) is 0 Å². The molecular weight excluding hydrogens is 632 g/mol. The van der Waals surface area contributed by atoms with Gasteiger partial charge >= 0.3 is 7.60 Å². The smallest absolute Gasteiger partial charge is 0.379 e. The van der Waals surface area contributed by atoms with Crippen LogP contribution in [0.5, 0.6) is 0 Å². The predicted molar refractivity (Wildman–Crippen MR) is 164 cm³/mol. The molecule has 0 aliphatic carbocycles. The molecule has 1 aromatic rings. The van der Waals surface area contributed by atoms with E-state index in [0.29, 0.717) is 12.1 Å². The summed E-state index contributed by atoms with van der Waals surface area (Å²) in [6, 6.07) is 0.598. The number of aromatic nitrogens is 3. The van der Waals surface area contributed by atoms with E-state index in [2.05, 4.69) is 15.0 Å². The highest BCUT2D eigenvalue weighted by atomic mass is 31.2. The van der Waals surface area contributed by atoms with Crippen LogP contribution in [0, 0.1) is 0 Å². The fourth-order valence-electron chi connectivity index (χ4n) is 3.21. The molecule has 19 heteroatoms. The molecule has 0 N–H and O–H groups in total.